The number of benzene rings is 1. The topological polar surface area (TPSA) is 26.3 Å². The summed E-state index contributed by atoms with van der Waals surface area (Å²) in [6.45, 7) is 4.58. The van der Waals surface area contributed by atoms with Gasteiger partial charge in [-0.25, -0.2) is 0 Å². The van der Waals surface area contributed by atoms with Gasteiger partial charge >= 0.3 is 0 Å². The summed E-state index contributed by atoms with van der Waals surface area (Å²) in [5.41, 5.74) is 1.70. The van der Waals surface area contributed by atoms with E-state index in [0.717, 1.165) is 30.6 Å². The standard InChI is InChI=1S/C13H16O2/c1-3-7-15-13-6-4-5-12(9-13)8-11(2)10-14/h4-6,8-10H,3,7H2,1-2H3. The molecule has 0 heterocycles. The Kier molecular flexibility index (Phi) is 4.61. The maximum absolute atomic E-state index is 10.5. The largest absolute Gasteiger partial charge is 0.494 e. The van der Waals surface area contributed by atoms with Crippen molar-refractivity contribution >= 4 is 12.4 Å². The summed E-state index contributed by atoms with van der Waals surface area (Å²) in [6.07, 6.45) is 3.68. The van der Waals surface area contributed by atoms with Gasteiger partial charge in [-0.05, 0) is 42.7 Å². The number of aldehydes is 1. The van der Waals surface area contributed by atoms with Crippen LogP contribution in [0.4, 0.5) is 0 Å². The van der Waals surface area contributed by atoms with Gasteiger partial charge in [-0.2, -0.15) is 0 Å². The third kappa shape index (κ3) is 3.98. The Bertz CT molecular complexity index is 353. The summed E-state index contributed by atoms with van der Waals surface area (Å²) >= 11 is 0. The molecule has 1 aromatic carbocycles. The highest BCUT2D eigenvalue weighted by molar-refractivity contribution is 5.80. The van der Waals surface area contributed by atoms with E-state index < -0.39 is 0 Å². The molecule has 0 saturated carbocycles. The summed E-state index contributed by atoms with van der Waals surface area (Å²) < 4.78 is 5.49. The second-order valence-corrected chi connectivity index (χ2v) is 3.43. The zero-order valence-electron chi connectivity index (χ0n) is 9.19. The second kappa shape index (κ2) is 6.02. The molecule has 80 valence electrons. The van der Waals surface area contributed by atoms with E-state index in [9.17, 15) is 4.79 Å². The molecule has 2 heteroatoms. The Morgan fingerprint density at radius 2 is 2.27 bits per heavy atom. The van der Waals surface area contributed by atoms with Crippen LogP contribution in [0.1, 0.15) is 25.8 Å². The fraction of sp³-hybridized carbons (Fsp3) is 0.308. The predicted octanol–water partition coefficient (Wildman–Crippen LogP) is 3.08. The van der Waals surface area contributed by atoms with Gasteiger partial charge in [0.05, 0.1) is 6.61 Å². The minimum atomic E-state index is 0.711. The number of rotatable bonds is 5. The summed E-state index contributed by atoms with van der Waals surface area (Å²) in [6, 6.07) is 7.73. The molecule has 0 spiro atoms. The summed E-state index contributed by atoms with van der Waals surface area (Å²) in [5, 5.41) is 0. The lowest BCUT2D eigenvalue weighted by atomic mass is 10.1. The summed E-state index contributed by atoms with van der Waals surface area (Å²) in [5.74, 6) is 0.851. The number of carbonyl (C=O) groups is 1. The van der Waals surface area contributed by atoms with Crippen LogP contribution >= 0.6 is 0 Å². The molecule has 0 atom stereocenters. The van der Waals surface area contributed by atoms with Crippen LogP contribution < -0.4 is 4.74 Å². The first kappa shape index (κ1) is 11.5. The van der Waals surface area contributed by atoms with Crippen LogP contribution in [0.15, 0.2) is 29.8 Å². The van der Waals surface area contributed by atoms with E-state index in [4.69, 9.17) is 4.74 Å². The van der Waals surface area contributed by atoms with E-state index in [1.807, 2.05) is 30.3 Å². The molecule has 1 aromatic rings. The van der Waals surface area contributed by atoms with Crippen LogP contribution in [0.3, 0.4) is 0 Å². The van der Waals surface area contributed by atoms with Gasteiger partial charge in [0.2, 0.25) is 0 Å². The van der Waals surface area contributed by atoms with Crippen molar-refractivity contribution < 1.29 is 9.53 Å². The van der Waals surface area contributed by atoms with E-state index >= 15 is 0 Å². The average molecular weight is 204 g/mol. The molecule has 2 nitrogen and oxygen atoms in total. The maximum Gasteiger partial charge on any atom is 0.145 e. The quantitative estimate of drug-likeness (QED) is 0.544. The van der Waals surface area contributed by atoms with E-state index in [0.29, 0.717) is 5.57 Å². The van der Waals surface area contributed by atoms with Crippen molar-refractivity contribution in [3.05, 3.63) is 35.4 Å². The minimum absolute atomic E-state index is 0.711. The Hall–Kier alpha value is -1.57. The fourth-order valence-electron chi connectivity index (χ4n) is 1.21. The Morgan fingerprint density at radius 3 is 2.93 bits per heavy atom. The molecular formula is C13H16O2. The molecule has 0 aliphatic heterocycles. The van der Waals surface area contributed by atoms with Crippen molar-refractivity contribution in [3.8, 4) is 5.75 Å². The number of carbonyl (C=O) groups excluding carboxylic acids is 1. The van der Waals surface area contributed by atoms with Gasteiger partial charge in [-0.15, -0.1) is 0 Å². The van der Waals surface area contributed by atoms with Crippen molar-refractivity contribution in [2.24, 2.45) is 0 Å². The molecule has 0 fully saturated rings. The lowest BCUT2D eigenvalue weighted by Gasteiger charge is -2.04. The molecule has 0 aliphatic carbocycles. The van der Waals surface area contributed by atoms with E-state index in [2.05, 4.69) is 6.92 Å². The molecule has 0 aromatic heterocycles. The van der Waals surface area contributed by atoms with E-state index in [-0.39, 0.29) is 0 Å². The van der Waals surface area contributed by atoms with Crippen LogP contribution in [-0.2, 0) is 4.79 Å². The van der Waals surface area contributed by atoms with Gasteiger partial charge < -0.3 is 4.74 Å². The Balaban J connectivity index is 2.78. The fourth-order valence-corrected chi connectivity index (χ4v) is 1.21. The molecule has 0 radical (unpaired) electrons. The van der Waals surface area contributed by atoms with Gasteiger partial charge in [0.1, 0.15) is 12.0 Å². The van der Waals surface area contributed by atoms with Crippen LogP contribution in [0.25, 0.3) is 6.08 Å². The lowest BCUT2D eigenvalue weighted by molar-refractivity contribution is -0.104. The molecule has 15 heavy (non-hydrogen) atoms. The minimum Gasteiger partial charge on any atom is -0.494 e. The Labute approximate surface area is 90.6 Å². The Morgan fingerprint density at radius 1 is 1.47 bits per heavy atom. The van der Waals surface area contributed by atoms with Crippen LogP contribution in [0, 0.1) is 0 Å². The van der Waals surface area contributed by atoms with Crippen molar-refractivity contribution in [3.63, 3.8) is 0 Å². The predicted molar refractivity (Wildman–Crippen MR) is 61.9 cm³/mol. The molecular weight excluding hydrogens is 188 g/mol. The first-order chi connectivity index (χ1) is 7.26. The van der Waals surface area contributed by atoms with Crippen molar-refractivity contribution in [1.29, 1.82) is 0 Å². The second-order valence-electron chi connectivity index (χ2n) is 3.43. The lowest BCUT2D eigenvalue weighted by Crippen LogP contribution is -1.94. The van der Waals surface area contributed by atoms with Gasteiger partial charge in [-0.1, -0.05) is 19.1 Å². The first-order valence-electron chi connectivity index (χ1n) is 5.12. The highest BCUT2D eigenvalue weighted by Crippen LogP contribution is 2.15. The zero-order chi connectivity index (χ0) is 11.1. The van der Waals surface area contributed by atoms with Gasteiger partial charge in [0, 0.05) is 0 Å². The number of hydrogen-bond donors (Lipinski definition) is 0. The monoisotopic (exact) mass is 204 g/mol. The number of allylic oxidation sites excluding steroid dienone is 1. The smallest absolute Gasteiger partial charge is 0.145 e. The average Bonchev–Trinajstić information content (AvgIpc) is 2.26. The number of ether oxygens (including phenoxy) is 1. The SMILES string of the molecule is CCCOc1cccc(C=C(C)C=O)c1. The van der Waals surface area contributed by atoms with Gasteiger partial charge in [-0.3, -0.25) is 4.79 Å². The first-order valence-corrected chi connectivity index (χ1v) is 5.12. The van der Waals surface area contributed by atoms with Crippen LogP contribution in [0.5, 0.6) is 5.75 Å². The normalized spacial score (nSPS) is 11.2. The zero-order valence-corrected chi connectivity index (χ0v) is 9.19. The molecule has 1 rings (SSSR count). The van der Waals surface area contributed by atoms with Crippen molar-refractivity contribution in [2.75, 3.05) is 6.61 Å². The van der Waals surface area contributed by atoms with Gasteiger partial charge in [0.15, 0.2) is 0 Å². The third-order valence-corrected chi connectivity index (χ3v) is 1.91. The molecule has 0 amide bonds. The maximum atomic E-state index is 10.5. The van der Waals surface area contributed by atoms with Gasteiger partial charge in [0.25, 0.3) is 0 Å². The van der Waals surface area contributed by atoms with Crippen LogP contribution in [-0.4, -0.2) is 12.9 Å². The highest BCUT2D eigenvalue weighted by Gasteiger charge is 1.94. The van der Waals surface area contributed by atoms with Crippen LogP contribution in [0.2, 0.25) is 0 Å². The van der Waals surface area contributed by atoms with E-state index in [1.54, 1.807) is 6.92 Å². The van der Waals surface area contributed by atoms with E-state index in [1.165, 1.54) is 0 Å². The molecule has 0 N–H and O–H groups in total. The van der Waals surface area contributed by atoms with Crippen molar-refractivity contribution in [1.82, 2.24) is 0 Å². The molecule has 0 unspecified atom stereocenters. The summed E-state index contributed by atoms with van der Waals surface area (Å²) in [4.78, 5) is 10.5. The highest BCUT2D eigenvalue weighted by atomic mass is 16.5. The third-order valence-electron chi connectivity index (χ3n) is 1.91. The van der Waals surface area contributed by atoms with Crippen molar-refractivity contribution in [2.45, 2.75) is 20.3 Å². The number of hydrogen-bond acceptors (Lipinski definition) is 2. The molecule has 0 saturated heterocycles. The summed E-state index contributed by atoms with van der Waals surface area (Å²) in [7, 11) is 0. The molecule has 0 bridgehead atoms. The molecule has 0 aliphatic rings.